The molecule has 2 aromatic carbocycles. The average Bonchev–Trinajstić information content (AvgIpc) is 3.29. The van der Waals surface area contributed by atoms with Crippen LogP contribution in [0.25, 0.3) is 0 Å². The van der Waals surface area contributed by atoms with Crippen LogP contribution in [0.5, 0.6) is 0 Å². The van der Waals surface area contributed by atoms with Crippen molar-refractivity contribution in [1.29, 1.82) is 0 Å². The van der Waals surface area contributed by atoms with Gasteiger partial charge in [-0.05, 0) is 30.9 Å². The molecule has 0 bridgehead atoms. The molecule has 1 aromatic heterocycles. The molecule has 1 atom stereocenters. The first kappa shape index (κ1) is 20.9. The number of hydrogen-bond acceptors (Lipinski definition) is 6. The van der Waals surface area contributed by atoms with Gasteiger partial charge < -0.3 is 5.11 Å². The lowest BCUT2D eigenvalue weighted by atomic mass is 9.91. The second-order valence-corrected chi connectivity index (χ2v) is 9.12. The molecule has 1 unspecified atom stereocenters. The van der Waals surface area contributed by atoms with Crippen LogP contribution in [0.4, 0.5) is 5.13 Å². The number of hydrogen-bond donors (Lipinski definition) is 1. The Morgan fingerprint density at radius 3 is 2.23 bits per heavy atom. The predicted octanol–water partition coefficient (Wildman–Crippen LogP) is 5.06. The van der Waals surface area contributed by atoms with Crippen molar-refractivity contribution in [3.05, 3.63) is 87.1 Å². The quantitative estimate of drug-likeness (QED) is 0.569. The maximum Gasteiger partial charge on any atom is 0.296 e. The Morgan fingerprint density at radius 2 is 1.68 bits per heavy atom. The number of aromatic nitrogens is 2. The second kappa shape index (κ2) is 8.07. The van der Waals surface area contributed by atoms with Gasteiger partial charge in [0.25, 0.3) is 5.91 Å². The summed E-state index contributed by atoms with van der Waals surface area (Å²) in [5, 5.41) is 19.9. The summed E-state index contributed by atoms with van der Waals surface area (Å²) in [4.78, 5) is 27.9. The number of carbonyl (C=O) groups excluding carboxylic acids is 2. The van der Waals surface area contributed by atoms with Crippen LogP contribution in [-0.4, -0.2) is 27.0 Å². The molecule has 0 radical (unpaired) electrons. The molecule has 0 aliphatic carbocycles. The molecular formula is C24H23N3O3S. The highest BCUT2D eigenvalue weighted by Crippen LogP contribution is 2.42. The van der Waals surface area contributed by atoms with Gasteiger partial charge in [0.2, 0.25) is 5.13 Å². The molecule has 0 saturated heterocycles. The Bertz CT molecular complexity index is 1180. The third kappa shape index (κ3) is 3.77. The first-order valence-corrected chi connectivity index (χ1v) is 10.9. The molecule has 6 nitrogen and oxygen atoms in total. The number of anilines is 1. The van der Waals surface area contributed by atoms with Crippen molar-refractivity contribution in [2.24, 2.45) is 0 Å². The molecule has 1 N–H and O–H groups in total. The van der Waals surface area contributed by atoms with E-state index >= 15 is 0 Å². The van der Waals surface area contributed by atoms with E-state index in [0.29, 0.717) is 21.6 Å². The summed E-state index contributed by atoms with van der Waals surface area (Å²) >= 11 is 1.24. The number of rotatable bonds is 5. The molecule has 0 spiro atoms. The SMILES string of the molecule is Cc1ccc(C(=O)C2=C(O)C(=O)N(c3nnc(C)s3)C2c2ccc(C(C)C)cc2)cc1. The Labute approximate surface area is 184 Å². The fourth-order valence-electron chi connectivity index (χ4n) is 3.66. The van der Waals surface area contributed by atoms with Crippen molar-refractivity contribution in [2.75, 3.05) is 4.90 Å². The molecule has 31 heavy (non-hydrogen) atoms. The summed E-state index contributed by atoms with van der Waals surface area (Å²) < 4.78 is 0. The highest BCUT2D eigenvalue weighted by Gasteiger charge is 2.46. The van der Waals surface area contributed by atoms with E-state index < -0.39 is 17.7 Å². The standard InChI is InChI=1S/C24H23N3O3S/c1-13(2)16-9-11-17(12-10-16)20-19(21(28)18-7-5-14(3)6-8-18)22(29)23(30)27(20)24-26-25-15(4)31-24/h5-13,20,29H,1-4H3. The zero-order valence-corrected chi connectivity index (χ0v) is 18.6. The highest BCUT2D eigenvalue weighted by atomic mass is 32.1. The molecule has 0 saturated carbocycles. The third-order valence-electron chi connectivity index (χ3n) is 5.41. The van der Waals surface area contributed by atoms with E-state index in [1.807, 2.05) is 43.3 Å². The molecule has 1 aliphatic rings. The smallest absolute Gasteiger partial charge is 0.296 e. The summed E-state index contributed by atoms with van der Waals surface area (Å²) in [6.07, 6.45) is 0. The maximum atomic E-state index is 13.4. The van der Waals surface area contributed by atoms with E-state index in [-0.39, 0.29) is 11.4 Å². The Balaban J connectivity index is 1.85. The normalized spacial score (nSPS) is 16.5. The van der Waals surface area contributed by atoms with Crippen molar-refractivity contribution in [3.63, 3.8) is 0 Å². The minimum Gasteiger partial charge on any atom is -0.503 e. The average molecular weight is 434 g/mol. The lowest BCUT2D eigenvalue weighted by Gasteiger charge is -2.24. The Morgan fingerprint density at radius 1 is 1.03 bits per heavy atom. The molecular weight excluding hydrogens is 410 g/mol. The summed E-state index contributed by atoms with van der Waals surface area (Å²) in [6.45, 7) is 7.92. The highest BCUT2D eigenvalue weighted by molar-refractivity contribution is 7.15. The van der Waals surface area contributed by atoms with E-state index in [2.05, 4.69) is 24.0 Å². The topological polar surface area (TPSA) is 83.4 Å². The molecule has 0 fully saturated rings. The predicted molar refractivity (Wildman–Crippen MR) is 121 cm³/mol. The van der Waals surface area contributed by atoms with Gasteiger partial charge in [0.15, 0.2) is 11.5 Å². The number of aliphatic hydroxyl groups excluding tert-OH is 1. The number of Topliss-reactive ketones (excluding diaryl/α,β-unsaturated/α-hetero) is 1. The second-order valence-electron chi connectivity index (χ2n) is 7.96. The molecule has 3 aromatic rings. The van der Waals surface area contributed by atoms with Crippen molar-refractivity contribution in [3.8, 4) is 0 Å². The van der Waals surface area contributed by atoms with Crippen LogP contribution in [0.3, 0.4) is 0 Å². The van der Waals surface area contributed by atoms with Crippen LogP contribution < -0.4 is 4.90 Å². The van der Waals surface area contributed by atoms with Gasteiger partial charge in [-0.2, -0.15) is 0 Å². The van der Waals surface area contributed by atoms with E-state index in [9.17, 15) is 14.7 Å². The fraction of sp³-hybridized carbons (Fsp3) is 0.250. The number of aryl methyl sites for hydroxylation is 2. The van der Waals surface area contributed by atoms with Crippen molar-refractivity contribution in [1.82, 2.24) is 10.2 Å². The summed E-state index contributed by atoms with van der Waals surface area (Å²) in [5.74, 6) is -1.23. The van der Waals surface area contributed by atoms with Crippen molar-refractivity contribution < 1.29 is 14.7 Å². The van der Waals surface area contributed by atoms with Gasteiger partial charge >= 0.3 is 0 Å². The molecule has 4 rings (SSSR count). The number of aliphatic hydroxyl groups is 1. The third-order valence-corrected chi connectivity index (χ3v) is 6.24. The van der Waals surface area contributed by atoms with Crippen LogP contribution in [0.2, 0.25) is 0 Å². The monoisotopic (exact) mass is 433 g/mol. The van der Waals surface area contributed by atoms with Crippen LogP contribution >= 0.6 is 11.3 Å². The number of nitrogens with zero attached hydrogens (tertiary/aromatic N) is 3. The van der Waals surface area contributed by atoms with Gasteiger partial charge in [-0.25, -0.2) is 0 Å². The molecule has 7 heteroatoms. The number of carbonyl (C=O) groups is 2. The molecule has 1 amide bonds. The van der Waals surface area contributed by atoms with Gasteiger partial charge in [-0.3, -0.25) is 14.5 Å². The molecule has 2 heterocycles. The fourth-order valence-corrected chi connectivity index (χ4v) is 4.37. The van der Waals surface area contributed by atoms with E-state index in [4.69, 9.17) is 0 Å². The van der Waals surface area contributed by atoms with Crippen LogP contribution in [0.15, 0.2) is 59.9 Å². The van der Waals surface area contributed by atoms with Crippen LogP contribution in [0.1, 0.15) is 57.9 Å². The van der Waals surface area contributed by atoms with Crippen molar-refractivity contribution in [2.45, 2.75) is 39.7 Å². The Hall–Kier alpha value is -3.32. The summed E-state index contributed by atoms with van der Waals surface area (Å²) in [5.41, 5.74) is 3.36. The van der Waals surface area contributed by atoms with Gasteiger partial charge in [-0.15, -0.1) is 10.2 Å². The minimum atomic E-state index is -0.783. The Kier molecular flexibility index (Phi) is 5.45. The van der Waals surface area contributed by atoms with Gasteiger partial charge in [-0.1, -0.05) is 79.3 Å². The molecule has 158 valence electrons. The number of benzene rings is 2. The lowest BCUT2D eigenvalue weighted by molar-refractivity contribution is -0.117. The zero-order chi connectivity index (χ0) is 22.3. The summed E-state index contributed by atoms with van der Waals surface area (Å²) in [6, 6.07) is 14.1. The van der Waals surface area contributed by atoms with E-state index in [1.165, 1.54) is 16.2 Å². The van der Waals surface area contributed by atoms with Crippen LogP contribution in [-0.2, 0) is 4.79 Å². The lowest BCUT2D eigenvalue weighted by Crippen LogP contribution is -2.31. The van der Waals surface area contributed by atoms with E-state index in [1.54, 1.807) is 19.1 Å². The zero-order valence-electron chi connectivity index (χ0n) is 17.8. The van der Waals surface area contributed by atoms with Gasteiger partial charge in [0.1, 0.15) is 5.01 Å². The van der Waals surface area contributed by atoms with Gasteiger partial charge in [0.05, 0.1) is 11.6 Å². The number of amides is 1. The minimum absolute atomic E-state index is 0.0546. The molecule has 1 aliphatic heterocycles. The van der Waals surface area contributed by atoms with E-state index in [0.717, 1.165) is 16.7 Å². The maximum absolute atomic E-state index is 13.4. The first-order chi connectivity index (χ1) is 14.8. The number of ketones is 1. The largest absolute Gasteiger partial charge is 0.503 e. The summed E-state index contributed by atoms with van der Waals surface area (Å²) in [7, 11) is 0. The van der Waals surface area contributed by atoms with Gasteiger partial charge in [0, 0.05) is 5.56 Å². The van der Waals surface area contributed by atoms with Crippen LogP contribution in [0, 0.1) is 13.8 Å². The van der Waals surface area contributed by atoms with Crippen molar-refractivity contribution >= 4 is 28.2 Å². The first-order valence-electron chi connectivity index (χ1n) is 10.1.